The molecule has 1 aromatic rings. The van der Waals surface area contributed by atoms with Crippen LogP contribution in [0.15, 0.2) is 168 Å². The highest BCUT2D eigenvalue weighted by atomic mass is 16.6. The van der Waals surface area contributed by atoms with Crippen molar-refractivity contribution in [1.82, 2.24) is 5.32 Å². The molecule has 0 saturated carbocycles. The number of esters is 1. The first-order valence-corrected chi connectivity index (χ1v) is 33.1. The van der Waals surface area contributed by atoms with E-state index in [-0.39, 0.29) is 65.9 Å². The molecule has 1 saturated heterocycles. The molecule has 1 aliphatic heterocycles. The molecule has 6 aliphatic carbocycles. The second-order valence-electron chi connectivity index (χ2n) is 29.8. The topological polar surface area (TPSA) is 324 Å². The summed E-state index contributed by atoms with van der Waals surface area (Å²) in [5.74, 6) is -11.4. The number of rotatable bonds is 16. The molecule has 1 aromatic carbocycles. The molecule has 0 aromatic heterocycles. The number of carbonyl (C=O) groups excluding carboxylic acids is 16. The SMILES string of the molecule is C=C1C=C(C(C)(C)C)C=CC1=O.C=C1C=c2ccccc2=CC1=O.CC.CC(C)(C)C1=CC(=O)C(=O)C=C1.CC(C)(C)CC(CC1=CC(=O)C(=O)C=C1)C(=O)NC(CC1=CC(=O)C(=O)C=C1)C(=O)CC(CC1=CC(=O)C(=O)C=C1)C(=O)C(C)(C)C.CC(C)(C)OC[C@H](O)[C@H]1OC(=O)C(=O)C1=O. The number of allylic oxidation sites excluding steroid dienone is 21. The number of cyclic esters (lactones) is 1. The number of nitrogens with one attached hydrogen (secondary N) is 1. The Morgan fingerprint density at radius 3 is 1.30 bits per heavy atom. The minimum Gasteiger partial charge on any atom is -0.445 e. The van der Waals surface area contributed by atoms with E-state index in [1.165, 1.54) is 36.5 Å². The highest BCUT2D eigenvalue weighted by Gasteiger charge is 2.46. The molecule has 8 rings (SSSR count). The third-order valence-corrected chi connectivity index (χ3v) is 15.5. The van der Waals surface area contributed by atoms with Crippen LogP contribution < -0.4 is 15.8 Å². The van der Waals surface area contributed by atoms with Gasteiger partial charge >= 0.3 is 11.8 Å². The summed E-state index contributed by atoms with van der Waals surface area (Å²) in [6.07, 6.45) is 21.7. The summed E-state index contributed by atoms with van der Waals surface area (Å²) in [5, 5.41) is 14.4. The van der Waals surface area contributed by atoms with Gasteiger partial charge in [0.1, 0.15) is 11.9 Å². The van der Waals surface area contributed by atoms with E-state index >= 15 is 0 Å². The molecule has 7 aliphatic rings. The standard InChI is InChI=1S/C37H41NO9.C11H8O.C11H14O.C10H14O6.C10H12O2.C2H6/c1-36(2,3)20-25(14-22-8-11-28(40)32(44)17-22)35(47)38-26(15-23-9-12-29(41)33(45)18-23)30(42)19-24(34(46)37(4,5)6)13-21-7-10-27(39)31(43)16-21;1-8-6-9-4-2-3-5-10(9)7-11(8)12;1-8-7-9(11(2,3)4)5-6-10(8)12;1-10(2,3)15-4-5(11)8-6(12)7(13)9(14)16-8;1-10(2,3)7-4-5-8(11)9(12)6-7;1-2/h7-12,16-18,24-26H,13-15,19-20H2,1-6H3,(H,38,47);2-7H,1H2;5-7H,1H2,2-4H3;5,8,11H,4H2,1-3H3;4-6H,1-3H3;1-2H3/t;;;5-,8+;;/m...0../s1. The van der Waals surface area contributed by atoms with E-state index in [1.807, 2.05) is 97.9 Å². The number of carbonyl (C=O) groups is 16. The summed E-state index contributed by atoms with van der Waals surface area (Å²) in [5.41, 5.74) is 2.80. The largest absolute Gasteiger partial charge is 0.445 e. The van der Waals surface area contributed by atoms with E-state index < -0.39 is 117 Å². The predicted molar refractivity (Wildman–Crippen MR) is 382 cm³/mol. The van der Waals surface area contributed by atoms with Crippen molar-refractivity contribution in [3.05, 3.63) is 178 Å². The molecule has 0 spiro atoms. The summed E-state index contributed by atoms with van der Waals surface area (Å²) in [4.78, 5) is 190. The minimum absolute atomic E-state index is 0.00744. The number of hydrogen-bond donors (Lipinski definition) is 2. The molecular weight excluding hydrogens is 1290 g/mol. The average molecular weight is 1390 g/mol. The Labute approximate surface area is 590 Å². The molecule has 0 radical (unpaired) electrons. The first-order chi connectivity index (χ1) is 46.5. The number of amides is 1. The molecule has 3 unspecified atom stereocenters. The summed E-state index contributed by atoms with van der Waals surface area (Å²) in [6, 6.07) is 6.58. The molecule has 20 nitrogen and oxygen atoms in total. The maximum absolute atomic E-state index is 14.0. The van der Waals surface area contributed by atoms with Gasteiger partial charge in [0.05, 0.1) is 18.2 Å². The van der Waals surface area contributed by atoms with Crippen molar-refractivity contribution in [3.63, 3.8) is 0 Å². The van der Waals surface area contributed by atoms with Crippen LogP contribution in [0, 0.1) is 33.5 Å². The molecule has 20 heteroatoms. The van der Waals surface area contributed by atoms with E-state index in [1.54, 1.807) is 59.8 Å². The number of fused-ring (bicyclic) bond motifs is 1. The van der Waals surface area contributed by atoms with E-state index in [2.05, 4.69) is 44.0 Å². The zero-order chi connectivity index (χ0) is 77.0. The van der Waals surface area contributed by atoms with Gasteiger partial charge in [0.25, 0.3) is 5.78 Å². The van der Waals surface area contributed by atoms with Gasteiger partial charge in [-0.3, -0.25) is 71.9 Å². The smallest absolute Gasteiger partial charge is 0.383 e. The van der Waals surface area contributed by atoms with Gasteiger partial charge in [-0.05, 0) is 174 Å². The van der Waals surface area contributed by atoms with Crippen LogP contribution in [0.4, 0.5) is 0 Å². The van der Waals surface area contributed by atoms with Crippen LogP contribution in [-0.2, 0) is 86.2 Å². The Bertz CT molecular complexity index is 3950. The molecule has 538 valence electrons. The summed E-state index contributed by atoms with van der Waals surface area (Å²) in [6.45, 7) is 39.8. The number of ketones is 14. The fourth-order valence-corrected chi connectivity index (χ4v) is 10.0. The second kappa shape index (κ2) is 36.4. The van der Waals surface area contributed by atoms with Crippen LogP contribution in [0.2, 0.25) is 0 Å². The predicted octanol–water partition coefficient (Wildman–Crippen LogP) is 8.75. The van der Waals surface area contributed by atoms with Crippen molar-refractivity contribution in [1.29, 1.82) is 0 Å². The molecule has 101 heavy (non-hydrogen) atoms. The van der Waals surface area contributed by atoms with Crippen LogP contribution in [0.25, 0.3) is 12.2 Å². The minimum atomic E-state index is -1.43. The van der Waals surface area contributed by atoms with Crippen molar-refractivity contribution >= 4 is 105 Å². The third-order valence-electron chi connectivity index (χ3n) is 15.5. The fourth-order valence-electron chi connectivity index (χ4n) is 10.0. The van der Waals surface area contributed by atoms with Gasteiger partial charge in [-0.2, -0.15) is 0 Å². The van der Waals surface area contributed by atoms with Crippen LogP contribution in [0.3, 0.4) is 0 Å². The summed E-state index contributed by atoms with van der Waals surface area (Å²) in [7, 11) is 0. The normalized spacial score (nSPS) is 18.6. The van der Waals surface area contributed by atoms with Crippen LogP contribution in [0.5, 0.6) is 0 Å². The molecule has 5 atom stereocenters. The molecular formula is C81H95NO19. The van der Waals surface area contributed by atoms with Crippen LogP contribution in [-0.4, -0.2) is 128 Å². The van der Waals surface area contributed by atoms with Crippen molar-refractivity contribution < 1.29 is 91.3 Å². The molecule has 1 amide bonds. The Morgan fingerprint density at radius 2 is 0.901 bits per heavy atom. The maximum atomic E-state index is 14.0. The Morgan fingerprint density at radius 1 is 0.495 bits per heavy atom. The molecule has 1 heterocycles. The molecule has 2 N–H and O–H groups in total. The first kappa shape index (κ1) is 85.3. The Balaban J connectivity index is 0.000000392. The lowest BCUT2D eigenvalue weighted by atomic mass is 9.76. The highest BCUT2D eigenvalue weighted by molar-refractivity contribution is 6.65. The summed E-state index contributed by atoms with van der Waals surface area (Å²) >= 11 is 0. The van der Waals surface area contributed by atoms with Gasteiger partial charge in [0.2, 0.25) is 52.2 Å². The number of benzene rings is 1. The molecule has 1 fully saturated rings. The van der Waals surface area contributed by atoms with E-state index in [4.69, 9.17) is 4.74 Å². The second-order valence-corrected chi connectivity index (χ2v) is 29.8. The fraction of sp³-hybridized carbons (Fsp3) is 0.407. The number of hydrogen-bond acceptors (Lipinski definition) is 19. The maximum Gasteiger partial charge on any atom is 0.383 e. The lowest BCUT2D eigenvalue weighted by Gasteiger charge is -2.29. The third kappa shape index (κ3) is 27.6. The van der Waals surface area contributed by atoms with Crippen molar-refractivity contribution in [3.8, 4) is 0 Å². The molecule has 0 bridgehead atoms. The quantitative estimate of drug-likeness (QED) is 0.0676. The zero-order valence-corrected chi connectivity index (χ0v) is 61.0. The van der Waals surface area contributed by atoms with E-state index in [0.717, 1.165) is 52.0 Å². The number of aliphatic hydroxyl groups excluding tert-OH is 1. The Hall–Kier alpha value is -9.92. The van der Waals surface area contributed by atoms with Gasteiger partial charge in [-0.15, -0.1) is 0 Å². The highest BCUT2D eigenvalue weighted by Crippen LogP contribution is 2.34. The number of ether oxygens (including phenoxy) is 2. The van der Waals surface area contributed by atoms with E-state index in [9.17, 15) is 81.8 Å². The van der Waals surface area contributed by atoms with Crippen LogP contribution in [0.1, 0.15) is 150 Å². The lowest BCUT2D eigenvalue weighted by molar-refractivity contribution is -0.154. The monoisotopic (exact) mass is 1390 g/mol. The summed E-state index contributed by atoms with van der Waals surface area (Å²) < 4.78 is 9.66. The van der Waals surface area contributed by atoms with Crippen molar-refractivity contribution in [2.75, 3.05) is 6.61 Å². The number of aliphatic hydroxyl groups is 1. The first-order valence-electron chi connectivity index (χ1n) is 33.1. The van der Waals surface area contributed by atoms with Gasteiger partial charge < -0.3 is 19.9 Å². The van der Waals surface area contributed by atoms with Gasteiger partial charge in [-0.1, -0.05) is 165 Å². The van der Waals surface area contributed by atoms with E-state index in [0.29, 0.717) is 34.3 Å². The number of Topliss-reactive ketones (excluding diaryl/α,β-unsaturated/α-hetero) is 5. The van der Waals surface area contributed by atoms with Crippen LogP contribution >= 0.6 is 0 Å². The van der Waals surface area contributed by atoms with Crippen molar-refractivity contribution in [2.45, 2.75) is 174 Å². The van der Waals surface area contributed by atoms with Gasteiger partial charge in [-0.25, -0.2) is 4.79 Å². The van der Waals surface area contributed by atoms with Crippen molar-refractivity contribution in [2.24, 2.45) is 33.5 Å². The lowest BCUT2D eigenvalue weighted by Crippen LogP contribution is -2.46. The zero-order valence-electron chi connectivity index (χ0n) is 61.0. The Kier molecular flexibility index (Phi) is 30.8. The van der Waals surface area contributed by atoms with Gasteiger partial charge in [0.15, 0.2) is 23.5 Å². The van der Waals surface area contributed by atoms with Gasteiger partial charge in [0, 0.05) is 34.8 Å². The average Bonchev–Trinajstić information content (AvgIpc) is 1.82.